The van der Waals surface area contributed by atoms with E-state index in [2.05, 4.69) is 4.98 Å². The number of imide groups is 2. The molecule has 9 heteroatoms. The van der Waals surface area contributed by atoms with Crippen molar-refractivity contribution in [3.05, 3.63) is 88.4 Å². The zero-order chi connectivity index (χ0) is 23.9. The number of rotatable bonds is 5. The van der Waals surface area contributed by atoms with Gasteiger partial charge in [0.05, 0.1) is 0 Å². The first kappa shape index (κ1) is 22.2. The Morgan fingerprint density at radius 3 is 2.12 bits per heavy atom. The number of nitrogens with zero attached hydrogens (tertiary/aromatic N) is 5. The molecular weight excluding hydrogens is 422 g/mol. The molecule has 0 saturated carbocycles. The lowest BCUT2D eigenvalue weighted by Gasteiger charge is -2.35. The van der Waals surface area contributed by atoms with Gasteiger partial charge in [-0.25, -0.2) is 14.1 Å². The minimum Gasteiger partial charge on any atom is -0.711 e. The summed E-state index contributed by atoms with van der Waals surface area (Å²) in [5.74, 6) is -3.22. The predicted molar refractivity (Wildman–Crippen MR) is 119 cm³/mol. The van der Waals surface area contributed by atoms with Crippen molar-refractivity contribution in [2.24, 2.45) is 5.92 Å². The second-order valence-electron chi connectivity index (χ2n) is 8.21. The third kappa shape index (κ3) is 3.65. The fraction of sp³-hybridized carbons (Fsp3) is 0.292. The standard InChI is InChI=1S/C24H25N5O4/c1-15-16(2)29(33)21(28(15)14-17-8-6-5-7-9-17)19(18-10-12-25-13-11-18)20-22(30)26(3)24(32)27(4)23(20)31/h5-13,19-20H,14H2,1-4H3/t19-/m0/s1. The molecule has 1 fully saturated rings. The highest BCUT2D eigenvalue weighted by Gasteiger charge is 2.51. The molecule has 1 aliphatic rings. The number of pyridine rings is 1. The molecule has 0 aliphatic carbocycles. The predicted octanol–water partition coefficient (Wildman–Crippen LogP) is 1.98. The maximum absolute atomic E-state index is 13.5. The summed E-state index contributed by atoms with van der Waals surface area (Å²) in [7, 11) is 2.68. The summed E-state index contributed by atoms with van der Waals surface area (Å²) in [6.45, 7) is 3.94. The third-order valence-corrected chi connectivity index (χ3v) is 6.35. The highest BCUT2D eigenvalue weighted by molar-refractivity contribution is 6.16. The van der Waals surface area contributed by atoms with Gasteiger partial charge in [-0.15, -0.1) is 0 Å². The molecule has 0 bridgehead atoms. The summed E-state index contributed by atoms with van der Waals surface area (Å²) >= 11 is 0. The highest BCUT2D eigenvalue weighted by Crippen LogP contribution is 2.36. The van der Waals surface area contributed by atoms with E-state index in [0.29, 0.717) is 17.8 Å². The van der Waals surface area contributed by atoms with Gasteiger partial charge in [-0.3, -0.25) is 24.4 Å². The largest absolute Gasteiger partial charge is 0.711 e. The molecule has 4 amide bonds. The Labute approximate surface area is 191 Å². The number of hydrogen-bond acceptors (Lipinski definition) is 5. The Kier molecular flexibility index (Phi) is 5.71. The van der Waals surface area contributed by atoms with E-state index in [1.165, 1.54) is 14.1 Å². The molecule has 0 spiro atoms. The van der Waals surface area contributed by atoms with E-state index in [4.69, 9.17) is 0 Å². The highest BCUT2D eigenvalue weighted by atomic mass is 16.5. The van der Waals surface area contributed by atoms with E-state index in [1.54, 1.807) is 31.5 Å². The molecule has 0 N–H and O–H groups in total. The van der Waals surface area contributed by atoms with Crippen LogP contribution in [0, 0.1) is 25.0 Å². The summed E-state index contributed by atoms with van der Waals surface area (Å²) in [6, 6.07) is 12.3. The van der Waals surface area contributed by atoms with E-state index in [-0.39, 0.29) is 5.82 Å². The molecule has 1 aromatic carbocycles. The van der Waals surface area contributed by atoms with E-state index in [1.807, 2.05) is 41.8 Å². The minimum absolute atomic E-state index is 0.267. The van der Waals surface area contributed by atoms with Crippen molar-refractivity contribution in [2.45, 2.75) is 26.3 Å². The number of imidazole rings is 1. The first-order chi connectivity index (χ1) is 15.7. The Bertz CT molecular complexity index is 1200. The van der Waals surface area contributed by atoms with Crippen LogP contribution in [0.5, 0.6) is 0 Å². The molecule has 0 unspecified atom stereocenters. The molecule has 1 aliphatic heterocycles. The van der Waals surface area contributed by atoms with Crippen LogP contribution in [-0.4, -0.2) is 51.3 Å². The summed E-state index contributed by atoms with van der Waals surface area (Å²) < 4.78 is 2.64. The molecule has 3 heterocycles. The quantitative estimate of drug-likeness (QED) is 0.338. The molecule has 4 rings (SSSR count). The zero-order valence-corrected chi connectivity index (χ0v) is 18.9. The van der Waals surface area contributed by atoms with Crippen molar-refractivity contribution < 1.29 is 19.1 Å². The maximum atomic E-state index is 13.5. The number of benzene rings is 1. The number of carbonyl (C=O) groups excluding carboxylic acids is 3. The maximum Gasteiger partial charge on any atom is 0.332 e. The fourth-order valence-electron chi connectivity index (χ4n) is 4.34. The lowest BCUT2D eigenvalue weighted by atomic mass is 9.82. The van der Waals surface area contributed by atoms with E-state index in [0.717, 1.165) is 25.8 Å². The normalized spacial score (nSPS) is 15.9. The van der Waals surface area contributed by atoms with Crippen LogP contribution in [0.3, 0.4) is 0 Å². The Hall–Kier alpha value is -4.01. The average Bonchev–Trinajstić information content (AvgIpc) is 3.04. The van der Waals surface area contributed by atoms with Gasteiger partial charge in [-0.1, -0.05) is 30.3 Å². The van der Waals surface area contributed by atoms with Crippen LogP contribution in [0.2, 0.25) is 0 Å². The number of barbiturate groups is 1. The van der Waals surface area contributed by atoms with E-state index >= 15 is 0 Å². The number of carbonyl (C=O) groups is 3. The third-order valence-electron chi connectivity index (χ3n) is 6.35. The molecular formula is C24H25N5O4. The minimum atomic E-state index is -1.27. The molecule has 33 heavy (non-hydrogen) atoms. The van der Waals surface area contributed by atoms with Gasteiger partial charge in [-0.2, -0.15) is 0 Å². The number of urea groups is 1. The number of hydrogen-bond donors (Lipinski definition) is 0. The molecule has 0 radical (unpaired) electrons. The molecule has 170 valence electrons. The van der Waals surface area contributed by atoms with Crippen molar-refractivity contribution in [2.75, 3.05) is 14.1 Å². The van der Waals surface area contributed by atoms with Crippen LogP contribution in [0.1, 0.15) is 34.3 Å². The number of amides is 4. The summed E-state index contributed by atoms with van der Waals surface area (Å²) in [6.07, 6.45) is 3.11. The van der Waals surface area contributed by atoms with E-state index in [9.17, 15) is 19.6 Å². The van der Waals surface area contributed by atoms with Crippen LogP contribution in [0.4, 0.5) is 4.79 Å². The first-order valence-electron chi connectivity index (χ1n) is 10.6. The van der Waals surface area contributed by atoms with Gasteiger partial charge in [0, 0.05) is 40.3 Å². The summed E-state index contributed by atoms with van der Waals surface area (Å²) in [4.78, 5) is 44.8. The zero-order valence-electron chi connectivity index (χ0n) is 18.9. The van der Waals surface area contributed by atoms with Gasteiger partial charge in [0.25, 0.3) is 5.82 Å². The second kappa shape index (κ2) is 8.50. The van der Waals surface area contributed by atoms with Gasteiger partial charge in [0.2, 0.25) is 11.8 Å². The summed E-state index contributed by atoms with van der Waals surface area (Å²) in [5, 5.41) is 13.5. The smallest absolute Gasteiger partial charge is 0.332 e. The first-order valence-corrected chi connectivity index (χ1v) is 10.6. The van der Waals surface area contributed by atoms with Crippen molar-refractivity contribution in [3.8, 4) is 0 Å². The lowest BCUT2D eigenvalue weighted by molar-refractivity contribution is -0.621. The average molecular weight is 447 g/mol. The molecule has 3 aromatic rings. The van der Waals surface area contributed by atoms with E-state index < -0.39 is 29.7 Å². The van der Waals surface area contributed by atoms with Crippen molar-refractivity contribution in [1.29, 1.82) is 0 Å². The van der Waals surface area contributed by atoms with Gasteiger partial charge < -0.3 is 5.21 Å². The Morgan fingerprint density at radius 2 is 1.55 bits per heavy atom. The SMILES string of the molecule is Cc1c(C)[n+]([O-])c([C@@H](c2ccncc2)C2C(=O)N(C)C(=O)N(C)C2=O)n1Cc1ccccc1. The van der Waals surface area contributed by atoms with Crippen molar-refractivity contribution in [1.82, 2.24) is 19.4 Å². The summed E-state index contributed by atoms with van der Waals surface area (Å²) in [5.41, 5.74) is 2.77. The van der Waals surface area contributed by atoms with Crippen LogP contribution in [0.25, 0.3) is 0 Å². The molecule has 1 saturated heterocycles. The van der Waals surface area contributed by atoms with Crippen molar-refractivity contribution in [3.63, 3.8) is 0 Å². The lowest BCUT2D eigenvalue weighted by Crippen LogP contribution is -2.59. The van der Waals surface area contributed by atoms with Crippen LogP contribution >= 0.6 is 0 Å². The van der Waals surface area contributed by atoms with Crippen LogP contribution in [-0.2, 0) is 16.1 Å². The molecule has 1 atom stereocenters. The molecule has 2 aromatic heterocycles. The van der Waals surface area contributed by atoms with Gasteiger partial charge >= 0.3 is 6.03 Å². The second-order valence-corrected chi connectivity index (χ2v) is 8.21. The topological polar surface area (TPSA) is 102 Å². The Morgan fingerprint density at radius 1 is 0.970 bits per heavy atom. The van der Waals surface area contributed by atoms with Crippen molar-refractivity contribution >= 4 is 17.8 Å². The van der Waals surface area contributed by atoms with Crippen LogP contribution in [0.15, 0.2) is 54.9 Å². The van der Waals surface area contributed by atoms with Crippen LogP contribution < -0.4 is 4.73 Å². The Balaban J connectivity index is 1.95. The molecule has 9 nitrogen and oxygen atoms in total. The van der Waals surface area contributed by atoms with Gasteiger partial charge in [0.15, 0.2) is 0 Å². The van der Waals surface area contributed by atoms with Gasteiger partial charge in [0.1, 0.15) is 29.8 Å². The fourth-order valence-corrected chi connectivity index (χ4v) is 4.34. The number of aromatic nitrogens is 3. The van der Waals surface area contributed by atoms with Gasteiger partial charge in [-0.05, 0) is 23.3 Å². The monoisotopic (exact) mass is 447 g/mol.